The largest absolute Gasteiger partial charge is 0.418 e. The molecule has 2 nitrogen and oxygen atoms in total. The van der Waals surface area contributed by atoms with Crippen LogP contribution in [0, 0.1) is 5.92 Å². The Morgan fingerprint density at radius 2 is 1.81 bits per heavy atom. The minimum Gasteiger partial charge on any atom is -0.371 e. The van der Waals surface area contributed by atoms with Crippen LogP contribution in [0.15, 0.2) is 24.3 Å². The Morgan fingerprint density at radius 3 is 2.38 bits per heavy atom. The monoisotopic (exact) mass is 300 g/mol. The molecule has 0 aromatic heterocycles. The van der Waals surface area contributed by atoms with Crippen LogP contribution in [-0.2, 0) is 6.18 Å². The molecule has 2 rings (SSSR count). The first kappa shape index (κ1) is 16.1. The summed E-state index contributed by atoms with van der Waals surface area (Å²) < 4.78 is 39.2. The fourth-order valence-electron chi connectivity index (χ4n) is 2.77. The van der Waals surface area contributed by atoms with E-state index in [9.17, 15) is 13.2 Å². The maximum absolute atomic E-state index is 13.1. The van der Waals surface area contributed by atoms with E-state index >= 15 is 0 Å². The first-order chi connectivity index (χ1) is 9.88. The van der Waals surface area contributed by atoms with E-state index < -0.39 is 11.7 Å². The number of piperidine rings is 1. The maximum atomic E-state index is 13.1. The van der Waals surface area contributed by atoms with Gasteiger partial charge in [0, 0.05) is 24.8 Å². The van der Waals surface area contributed by atoms with Crippen LogP contribution in [0.3, 0.4) is 0 Å². The Balaban J connectivity index is 2.00. The molecule has 0 spiro atoms. The second-order valence-electron chi connectivity index (χ2n) is 6.01. The van der Waals surface area contributed by atoms with Crippen molar-refractivity contribution in [3.63, 3.8) is 0 Å². The molecule has 1 aromatic rings. The molecule has 21 heavy (non-hydrogen) atoms. The summed E-state index contributed by atoms with van der Waals surface area (Å²) in [6, 6.07) is 6.33. The molecule has 1 N–H and O–H groups in total. The van der Waals surface area contributed by atoms with Crippen LogP contribution in [0.1, 0.15) is 32.3 Å². The number of hydrogen-bond acceptors (Lipinski definition) is 2. The summed E-state index contributed by atoms with van der Waals surface area (Å²) >= 11 is 0. The highest BCUT2D eigenvalue weighted by Gasteiger charge is 2.35. The van der Waals surface area contributed by atoms with Gasteiger partial charge in [0.15, 0.2) is 0 Å². The van der Waals surface area contributed by atoms with Crippen molar-refractivity contribution >= 4 is 5.69 Å². The molecule has 0 amide bonds. The molecule has 0 aliphatic carbocycles. The molecule has 0 saturated carbocycles. The van der Waals surface area contributed by atoms with Gasteiger partial charge in [0.05, 0.1) is 5.56 Å². The number of alkyl halides is 3. The van der Waals surface area contributed by atoms with Crippen molar-refractivity contribution in [3.05, 3.63) is 29.8 Å². The molecule has 1 aliphatic rings. The van der Waals surface area contributed by atoms with Crippen LogP contribution in [0.25, 0.3) is 0 Å². The summed E-state index contributed by atoms with van der Waals surface area (Å²) in [5.41, 5.74) is -0.205. The van der Waals surface area contributed by atoms with Crippen LogP contribution < -0.4 is 10.2 Å². The molecule has 118 valence electrons. The van der Waals surface area contributed by atoms with Crippen molar-refractivity contribution in [3.8, 4) is 0 Å². The summed E-state index contributed by atoms with van der Waals surface area (Å²) in [4.78, 5) is 1.87. The summed E-state index contributed by atoms with van der Waals surface area (Å²) in [5.74, 6) is 0.557. The first-order valence-corrected chi connectivity index (χ1v) is 7.52. The maximum Gasteiger partial charge on any atom is 0.418 e. The van der Waals surface area contributed by atoms with E-state index in [1.54, 1.807) is 12.1 Å². The Morgan fingerprint density at radius 1 is 1.19 bits per heavy atom. The predicted molar refractivity (Wildman–Crippen MR) is 79.5 cm³/mol. The Bertz CT molecular complexity index is 449. The van der Waals surface area contributed by atoms with Crippen molar-refractivity contribution in [2.75, 3.05) is 24.5 Å². The van der Waals surface area contributed by atoms with Crippen LogP contribution in [-0.4, -0.2) is 25.7 Å². The second-order valence-corrected chi connectivity index (χ2v) is 6.01. The number of anilines is 1. The summed E-state index contributed by atoms with van der Waals surface area (Å²) in [6.07, 6.45) is -2.41. The zero-order valence-electron chi connectivity index (χ0n) is 12.6. The van der Waals surface area contributed by atoms with E-state index in [-0.39, 0.29) is 0 Å². The average molecular weight is 300 g/mol. The molecule has 0 radical (unpaired) electrons. The van der Waals surface area contributed by atoms with Crippen molar-refractivity contribution in [2.24, 2.45) is 5.92 Å². The van der Waals surface area contributed by atoms with Crippen LogP contribution in [0.5, 0.6) is 0 Å². The van der Waals surface area contributed by atoms with E-state index in [4.69, 9.17) is 0 Å². The van der Waals surface area contributed by atoms with E-state index in [2.05, 4.69) is 19.2 Å². The lowest BCUT2D eigenvalue weighted by molar-refractivity contribution is -0.137. The number of benzene rings is 1. The number of rotatable bonds is 4. The predicted octanol–water partition coefficient (Wildman–Crippen LogP) is 3.92. The highest BCUT2D eigenvalue weighted by molar-refractivity contribution is 5.55. The third-order valence-electron chi connectivity index (χ3n) is 3.98. The zero-order valence-corrected chi connectivity index (χ0v) is 12.6. The van der Waals surface area contributed by atoms with Crippen LogP contribution in [0.4, 0.5) is 18.9 Å². The highest BCUT2D eigenvalue weighted by Crippen LogP contribution is 2.37. The van der Waals surface area contributed by atoms with Crippen molar-refractivity contribution in [1.82, 2.24) is 5.32 Å². The lowest BCUT2D eigenvalue weighted by Crippen LogP contribution is -2.39. The van der Waals surface area contributed by atoms with Crippen molar-refractivity contribution in [2.45, 2.75) is 38.9 Å². The SMILES string of the molecule is CC(C)NCC1CCN(c2ccccc2C(F)(F)F)CC1. The molecule has 1 saturated heterocycles. The van der Waals surface area contributed by atoms with Gasteiger partial charge in [-0.3, -0.25) is 0 Å². The van der Waals surface area contributed by atoms with Gasteiger partial charge in [-0.1, -0.05) is 26.0 Å². The molecule has 1 aliphatic heterocycles. The fraction of sp³-hybridized carbons (Fsp3) is 0.625. The standard InChI is InChI=1S/C16H23F3N2/c1-12(2)20-11-13-7-9-21(10-8-13)15-6-4-3-5-14(15)16(17,18)19/h3-6,12-13,20H,7-11H2,1-2H3. The molecule has 0 unspecified atom stereocenters. The normalized spacial score (nSPS) is 17.5. The van der Waals surface area contributed by atoms with Gasteiger partial charge in [0.1, 0.15) is 0 Å². The number of halogens is 3. The van der Waals surface area contributed by atoms with Gasteiger partial charge >= 0.3 is 6.18 Å². The molecule has 1 aromatic carbocycles. The fourth-order valence-corrected chi connectivity index (χ4v) is 2.77. The molecular weight excluding hydrogens is 277 g/mol. The number of hydrogen-bond donors (Lipinski definition) is 1. The smallest absolute Gasteiger partial charge is 0.371 e. The van der Waals surface area contributed by atoms with E-state index in [1.807, 2.05) is 4.90 Å². The Labute approximate surface area is 124 Å². The van der Waals surface area contributed by atoms with Gasteiger partial charge in [-0.2, -0.15) is 13.2 Å². The Hall–Kier alpha value is -1.23. The summed E-state index contributed by atoms with van der Waals surface area (Å²) in [7, 11) is 0. The first-order valence-electron chi connectivity index (χ1n) is 7.52. The van der Waals surface area contributed by atoms with E-state index in [1.165, 1.54) is 12.1 Å². The van der Waals surface area contributed by atoms with Gasteiger partial charge in [-0.15, -0.1) is 0 Å². The molecule has 0 bridgehead atoms. The molecule has 0 atom stereocenters. The number of nitrogens with one attached hydrogen (secondary N) is 1. The lowest BCUT2D eigenvalue weighted by atomic mass is 9.95. The van der Waals surface area contributed by atoms with Gasteiger partial charge in [0.25, 0.3) is 0 Å². The van der Waals surface area contributed by atoms with Crippen LogP contribution >= 0.6 is 0 Å². The van der Waals surface area contributed by atoms with Gasteiger partial charge in [-0.25, -0.2) is 0 Å². The molecule has 1 fully saturated rings. The minimum atomic E-state index is -4.29. The molecule has 5 heteroatoms. The van der Waals surface area contributed by atoms with Crippen molar-refractivity contribution in [1.29, 1.82) is 0 Å². The quantitative estimate of drug-likeness (QED) is 0.906. The lowest BCUT2D eigenvalue weighted by Gasteiger charge is -2.35. The number of nitrogens with zero attached hydrogens (tertiary/aromatic N) is 1. The van der Waals surface area contributed by atoms with Gasteiger partial charge in [-0.05, 0) is 37.4 Å². The van der Waals surface area contributed by atoms with Crippen molar-refractivity contribution < 1.29 is 13.2 Å². The average Bonchev–Trinajstić information content (AvgIpc) is 2.45. The zero-order chi connectivity index (χ0) is 15.5. The molecule has 1 heterocycles. The third kappa shape index (κ3) is 4.37. The van der Waals surface area contributed by atoms with Gasteiger partial charge in [0.2, 0.25) is 0 Å². The van der Waals surface area contributed by atoms with E-state index in [0.29, 0.717) is 30.7 Å². The second kappa shape index (κ2) is 6.69. The summed E-state index contributed by atoms with van der Waals surface area (Å²) in [5, 5.41) is 3.41. The third-order valence-corrected chi connectivity index (χ3v) is 3.98. The topological polar surface area (TPSA) is 15.3 Å². The Kier molecular flexibility index (Phi) is 5.14. The number of para-hydroxylation sites is 1. The van der Waals surface area contributed by atoms with Crippen LogP contribution in [0.2, 0.25) is 0 Å². The van der Waals surface area contributed by atoms with Gasteiger partial charge < -0.3 is 10.2 Å². The molecular formula is C16H23F3N2. The van der Waals surface area contributed by atoms with E-state index in [0.717, 1.165) is 19.4 Å². The highest BCUT2D eigenvalue weighted by atomic mass is 19.4. The minimum absolute atomic E-state index is 0.320. The summed E-state index contributed by atoms with van der Waals surface area (Å²) in [6.45, 7) is 6.55.